The maximum absolute atomic E-state index is 12.6. The molecule has 1 heterocycles. The highest BCUT2D eigenvalue weighted by atomic mass is 19.4. The molecule has 0 aromatic carbocycles. The van der Waals surface area contributed by atoms with Gasteiger partial charge in [0.15, 0.2) is 0 Å². The molecular weight excluding hydrogens is 231 g/mol. The Balaban J connectivity index is 2.51. The maximum atomic E-state index is 12.6. The van der Waals surface area contributed by atoms with Gasteiger partial charge in [-0.25, -0.2) is 0 Å². The van der Waals surface area contributed by atoms with Gasteiger partial charge in [0, 0.05) is 31.4 Å². The summed E-state index contributed by atoms with van der Waals surface area (Å²) in [6, 6.07) is 3.78. The molecule has 0 bridgehead atoms. The van der Waals surface area contributed by atoms with E-state index in [0.717, 1.165) is 5.69 Å². The van der Waals surface area contributed by atoms with E-state index in [0.29, 0.717) is 6.42 Å². The summed E-state index contributed by atoms with van der Waals surface area (Å²) < 4.78 is 37.7. The van der Waals surface area contributed by atoms with Crippen LogP contribution >= 0.6 is 0 Å². The van der Waals surface area contributed by atoms with Crippen LogP contribution in [0.2, 0.25) is 0 Å². The van der Waals surface area contributed by atoms with E-state index >= 15 is 0 Å². The number of aromatic nitrogens is 1. The van der Waals surface area contributed by atoms with E-state index in [4.69, 9.17) is 5.73 Å². The van der Waals surface area contributed by atoms with Gasteiger partial charge in [-0.2, -0.15) is 13.2 Å². The van der Waals surface area contributed by atoms with E-state index in [9.17, 15) is 13.2 Å². The molecule has 17 heavy (non-hydrogen) atoms. The number of alkyl halides is 3. The molecule has 0 radical (unpaired) electrons. The maximum Gasteiger partial charge on any atom is 0.405 e. The lowest BCUT2D eigenvalue weighted by molar-refractivity contribution is -0.177. The minimum Gasteiger partial charge on any atom is -0.329 e. The van der Waals surface area contributed by atoms with E-state index in [1.807, 2.05) is 6.07 Å². The first-order chi connectivity index (χ1) is 7.95. The standard InChI is InChI=1S/C11H16F3N3/c1-17(10(8-15)11(12,13)14)7-5-9-4-2-3-6-16-9/h2-4,6,10H,5,7-8,15H2,1H3. The highest BCUT2D eigenvalue weighted by molar-refractivity contribution is 5.03. The topological polar surface area (TPSA) is 42.2 Å². The molecule has 1 aromatic rings. The van der Waals surface area contributed by atoms with E-state index in [1.165, 1.54) is 11.9 Å². The molecule has 0 aliphatic carbocycles. The number of hydrogen-bond acceptors (Lipinski definition) is 3. The second kappa shape index (κ2) is 5.97. The number of likely N-dealkylation sites (N-methyl/N-ethyl adjacent to an activating group) is 1. The van der Waals surface area contributed by atoms with Crippen molar-refractivity contribution < 1.29 is 13.2 Å². The average Bonchev–Trinajstić information content (AvgIpc) is 2.27. The summed E-state index contributed by atoms with van der Waals surface area (Å²) >= 11 is 0. The number of pyridine rings is 1. The number of hydrogen-bond donors (Lipinski definition) is 1. The summed E-state index contributed by atoms with van der Waals surface area (Å²) in [5.74, 6) is 0. The van der Waals surface area contributed by atoms with Gasteiger partial charge >= 0.3 is 6.18 Å². The molecule has 1 unspecified atom stereocenters. The summed E-state index contributed by atoms with van der Waals surface area (Å²) in [6.07, 6.45) is -2.18. The van der Waals surface area contributed by atoms with Crippen LogP contribution in [0.25, 0.3) is 0 Å². The summed E-state index contributed by atoms with van der Waals surface area (Å²) in [4.78, 5) is 5.28. The molecule has 0 aliphatic rings. The van der Waals surface area contributed by atoms with Crippen LogP contribution in [-0.2, 0) is 6.42 Å². The van der Waals surface area contributed by atoms with Crippen LogP contribution in [0, 0.1) is 0 Å². The SMILES string of the molecule is CN(CCc1ccccn1)C(CN)C(F)(F)F. The van der Waals surface area contributed by atoms with Crippen molar-refractivity contribution in [3.8, 4) is 0 Å². The second-order valence-electron chi connectivity index (χ2n) is 3.84. The van der Waals surface area contributed by atoms with Crippen molar-refractivity contribution in [1.29, 1.82) is 0 Å². The van der Waals surface area contributed by atoms with Gasteiger partial charge in [-0.05, 0) is 19.2 Å². The number of halogens is 3. The summed E-state index contributed by atoms with van der Waals surface area (Å²) in [5, 5.41) is 0. The lowest BCUT2D eigenvalue weighted by Gasteiger charge is -2.28. The van der Waals surface area contributed by atoms with Crippen molar-refractivity contribution in [2.45, 2.75) is 18.6 Å². The molecule has 0 spiro atoms. The van der Waals surface area contributed by atoms with E-state index in [-0.39, 0.29) is 6.54 Å². The third kappa shape index (κ3) is 4.32. The Morgan fingerprint density at radius 2 is 2.12 bits per heavy atom. The van der Waals surface area contributed by atoms with Gasteiger partial charge in [0.2, 0.25) is 0 Å². The predicted octanol–water partition coefficient (Wildman–Crippen LogP) is 1.45. The molecule has 0 fully saturated rings. The Kier molecular flexibility index (Phi) is 4.89. The van der Waals surface area contributed by atoms with Crippen molar-refractivity contribution in [2.24, 2.45) is 5.73 Å². The molecule has 0 aliphatic heterocycles. The minimum atomic E-state index is -4.28. The molecule has 0 amide bonds. The fraction of sp³-hybridized carbons (Fsp3) is 0.545. The first kappa shape index (κ1) is 13.9. The Morgan fingerprint density at radius 3 is 2.59 bits per heavy atom. The van der Waals surface area contributed by atoms with Crippen molar-refractivity contribution in [3.05, 3.63) is 30.1 Å². The molecule has 1 aromatic heterocycles. The van der Waals surface area contributed by atoms with Gasteiger partial charge in [0.05, 0.1) is 0 Å². The minimum absolute atomic E-state index is 0.276. The van der Waals surface area contributed by atoms with Crippen molar-refractivity contribution >= 4 is 0 Å². The number of nitrogens with zero attached hydrogens (tertiary/aromatic N) is 2. The molecule has 6 heteroatoms. The predicted molar refractivity (Wildman–Crippen MR) is 59.5 cm³/mol. The van der Waals surface area contributed by atoms with Gasteiger partial charge in [-0.15, -0.1) is 0 Å². The van der Waals surface area contributed by atoms with Gasteiger partial charge in [0.25, 0.3) is 0 Å². The van der Waals surface area contributed by atoms with Crippen LogP contribution in [-0.4, -0.2) is 42.2 Å². The number of rotatable bonds is 5. The van der Waals surface area contributed by atoms with E-state index in [2.05, 4.69) is 4.98 Å². The first-order valence-corrected chi connectivity index (χ1v) is 5.32. The molecule has 2 N–H and O–H groups in total. The van der Waals surface area contributed by atoms with Crippen LogP contribution in [0.5, 0.6) is 0 Å². The van der Waals surface area contributed by atoms with Gasteiger partial charge < -0.3 is 5.73 Å². The largest absolute Gasteiger partial charge is 0.405 e. The van der Waals surface area contributed by atoms with E-state index < -0.39 is 18.8 Å². The third-order valence-electron chi connectivity index (χ3n) is 2.58. The van der Waals surface area contributed by atoms with Crippen LogP contribution in [0.3, 0.4) is 0 Å². The molecule has 0 saturated carbocycles. The van der Waals surface area contributed by atoms with Crippen molar-refractivity contribution in [1.82, 2.24) is 9.88 Å². The second-order valence-corrected chi connectivity index (χ2v) is 3.84. The zero-order valence-electron chi connectivity index (χ0n) is 9.61. The third-order valence-corrected chi connectivity index (χ3v) is 2.58. The fourth-order valence-electron chi connectivity index (χ4n) is 1.56. The molecular formula is C11H16F3N3. The van der Waals surface area contributed by atoms with Crippen molar-refractivity contribution in [3.63, 3.8) is 0 Å². The van der Waals surface area contributed by atoms with Gasteiger partial charge in [-0.3, -0.25) is 9.88 Å². The Bertz CT molecular complexity index is 326. The van der Waals surface area contributed by atoms with Crippen LogP contribution < -0.4 is 5.73 Å². The zero-order valence-corrected chi connectivity index (χ0v) is 9.61. The Hall–Kier alpha value is -1.14. The molecule has 1 rings (SSSR count). The highest BCUT2D eigenvalue weighted by Gasteiger charge is 2.40. The molecule has 3 nitrogen and oxygen atoms in total. The monoisotopic (exact) mass is 247 g/mol. The smallest absolute Gasteiger partial charge is 0.329 e. The normalized spacial score (nSPS) is 14.0. The Labute approximate surface area is 98.4 Å². The highest BCUT2D eigenvalue weighted by Crippen LogP contribution is 2.23. The lowest BCUT2D eigenvalue weighted by Crippen LogP contribution is -2.49. The van der Waals surface area contributed by atoms with Crippen molar-refractivity contribution in [2.75, 3.05) is 20.1 Å². The molecule has 96 valence electrons. The molecule has 1 atom stereocenters. The van der Waals surface area contributed by atoms with Gasteiger partial charge in [0.1, 0.15) is 6.04 Å². The van der Waals surface area contributed by atoms with Gasteiger partial charge in [-0.1, -0.05) is 6.07 Å². The quantitative estimate of drug-likeness (QED) is 0.856. The van der Waals surface area contributed by atoms with Crippen LogP contribution in [0.15, 0.2) is 24.4 Å². The first-order valence-electron chi connectivity index (χ1n) is 5.32. The average molecular weight is 247 g/mol. The number of nitrogens with two attached hydrogens (primary N) is 1. The van der Waals surface area contributed by atoms with Crippen LogP contribution in [0.4, 0.5) is 13.2 Å². The van der Waals surface area contributed by atoms with E-state index in [1.54, 1.807) is 18.3 Å². The lowest BCUT2D eigenvalue weighted by atomic mass is 10.2. The Morgan fingerprint density at radius 1 is 1.41 bits per heavy atom. The fourth-order valence-corrected chi connectivity index (χ4v) is 1.56. The summed E-state index contributed by atoms with van der Waals surface area (Å²) in [5.41, 5.74) is 5.93. The van der Waals surface area contributed by atoms with Crippen LogP contribution in [0.1, 0.15) is 5.69 Å². The molecule has 0 saturated heterocycles. The summed E-state index contributed by atoms with van der Waals surface area (Å²) in [6.45, 7) is -0.152. The summed E-state index contributed by atoms with van der Waals surface area (Å²) in [7, 11) is 1.42. The zero-order chi connectivity index (χ0) is 12.9.